The van der Waals surface area contributed by atoms with Crippen molar-refractivity contribution in [1.82, 2.24) is 0 Å². The molecule has 1 atom stereocenters. The molecular formula is C15H18FN. The van der Waals surface area contributed by atoms with E-state index in [9.17, 15) is 4.39 Å². The van der Waals surface area contributed by atoms with Crippen LogP contribution >= 0.6 is 0 Å². The van der Waals surface area contributed by atoms with Crippen molar-refractivity contribution in [3.63, 3.8) is 0 Å². The lowest BCUT2D eigenvalue weighted by atomic mass is 10.00. The molecule has 2 rings (SSSR count). The molecule has 0 aliphatic rings. The minimum absolute atomic E-state index is 0.0913. The summed E-state index contributed by atoms with van der Waals surface area (Å²) >= 11 is 0. The van der Waals surface area contributed by atoms with E-state index >= 15 is 0 Å². The summed E-state index contributed by atoms with van der Waals surface area (Å²) in [6.45, 7) is 0. The number of nitrogens with two attached hydrogens (primary N) is 1. The van der Waals surface area contributed by atoms with Gasteiger partial charge in [-0.1, -0.05) is 60.7 Å². The fourth-order valence-electron chi connectivity index (χ4n) is 1.69. The number of halogens is 1. The van der Waals surface area contributed by atoms with Crippen molar-refractivity contribution in [1.29, 1.82) is 0 Å². The average Bonchev–Trinajstić information content (AvgIpc) is 2.43. The highest BCUT2D eigenvalue weighted by Gasteiger charge is 2.05. The van der Waals surface area contributed by atoms with Crippen molar-refractivity contribution in [2.24, 2.45) is 5.73 Å². The first-order valence-corrected chi connectivity index (χ1v) is 5.58. The van der Waals surface area contributed by atoms with E-state index in [1.54, 1.807) is 0 Å². The predicted molar refractivity (Wildman–Crippen MR) is 70.5 cm³/mol. The van der Waals surface area contributed by atoms with Crippen LogP contribution in [0.5, 0.6) is 0 Å². The average molecular weight is 231 g/mol. The molecule has 1 nitrogen and oxygen atoms in total. The van der Waals surface area contributed by atoms with E-state index in [4.69, 9.17) is 5.73 Å². The van der Waals surface area contributed by atoms with Crippen molar-refractivity contribution < 1.29 is 4.39 Å². The first-order valence-electron chi connectivity index (χ1n) is 5.58. The van der Waals surface area contributed by atoms with E-state index in [0.717, 1.165) is 6.42 Å². The van der Waals surface area contributed by atoms with Gasteiger partial charge in [0.15, 0.2) is 0 Å². The Hall–Kier alpha value is -1.67. The highest BCUT2D eigenvalue weighted by molar-refractivity contribution is 5.23. The zero-order chi connectivity index (χ0) is 12.5. The second-order valence-electron chi connectivity index (χ2n) is 3.71. The maximum absolute atomic E-state index is 9.50. The summed E-state index contributed by atoms with van der Waals surface area (Å²) in [6, 6.07) is 20.7. The zero-order valence-corrected chi connectivity index (χ0v) is 10.0. The maximum atomic E-state index is 9.50. The minimum Gasteiger partial charge on any atom is -0.324 e. The summed E-state index contributed by atoms with van der Waals surface area (Å²) in [5.41, 5.74) is 8.61. The van der Waals surface area contributed by atoms with Crippen LogP contribution in [-0.2, 0) is 6.42 Å². The van der Waals surface area contributed by atoms with Crippen LogP contribution in [0.25, 0.3) is 0 Å². The largest absolute Gasteiger partial charge is 0.324 e. The monoisotopic (exact) mass is 231 g/mol. The normalized spacial score (nSPS) is 11.2. The summed E-state index contributed by atoms with van der Waals surface area (Å²) in [7, 11) is 0.500. The van der Waals surface area contributed by atoms with Gasteiger partial charge in [-0.15, -0.1) is 0 Å². The summed E-state index contributed by atoms with van der Waals surface area (Å²) in [4.78, 5) is 0. The van der Waals surface area contributed by atoms with Gasteiger partial charge in [0.2, 0.25) is 0 Å². The summed E-state index contributed by atoms with van der Waals surface area (Å²) in [5, 5.41) is 0. The van der Waals surface area contributed by atoms with E-state index in [1.807, 2.05) is 36.4 Å². The summed E-state index contributed by atoms with van der Waals surface area (Å²) in [6.07, 6.45) is 0.894. The minimum atomic E-state index is 0.0913. The highest BCUT2D eigenvalue weighted by Crippen LogP contribution is 2.15. The molecule has 90 valence electrons. The third-order valence-corrected chi connectivity index (χ3v) is 2.53. The predicted octanol–water partition coefficient (Wildman–Crippen LogP) is 3.51. The molecule has 17 heavy (non-hydrogen) atoms. The molecule has 1 unspecified atom stereocenters. The fraction of sp³-hybridized carbons (Fsp3) is 0.200. The molecule has 0 radical (unpaired) electrons. The molecule has 0 aliphatic carbocycles. The van der Waals surface area contributed by atoms with Crippen molar-refractivity contribution in [2.45, 2.75) is 12.5 Å². The first kappa shape index (κ1) is 13.4. The quantitative estimate of drug-likeness (QED) is 0.859. The van der Waals surface area contributed by atoms with E-state index in [1.165, 1.54) is 11.1 Å². The highest BCUT2D eigenvalue weighted by atomic mass is 19.1. The molecule has 0 saturated heterocycles. The molecule has 0 saturated carbocycles. The van der Waals surface area contributed by atoms with E-state index < -0.39 is 0 Å². The Labute approximate surface area is 102 Å². The van der Waals surface area contributed by atoms with Crippen LogP contribution in [0.3, 0.4) is 0 Å². The third-order valence-electron chi connectivity index (χ3n) is 2.53. The first-order chi connectivity index (χ1) is 8.36. The van der Waals surface area contributed by atoms with Gasteiger partial charge >= 0.3 is 0 Å². The molecular weight excluding hydrogens is 213 g/mol. The van der Waals surface area contributed by atoms with E-state index in [2.05, 4.69) is 24.3 Å². The smallest absolute Gasteiger partial charge is 0.0785 e. The van der Waals surface area contributed by atoms with E-state index in [-0.39, 0.29) is 6.04 Å². The van der Waals surface area contributed by atoms with E-state index in [0.29, 0.717) is 7.18 Å². The lowest BCUT2D eigenvalue weighted by molar-refractivity contribution is 0.636. The molecule has 2 aromatic rings. The van der Waals surface area contributed by atoms with Crippen molar-refractivity contribution >= 4 is 0 Å². The number of hydrogen-bond acceptors (Lipinski definition) is 1. The van der Waals surface area contributed by atoms with Crippen LogP contribution in [0.1, 0.15) is 17.2 Å². The van der Waals surface area contributed by atoms with Crippen LogP contribution in [0.15, 0.2) is 60.7 Å². The molecule has 0 fully saturated rings. The fourth-order valence-corrected chi connectivity index (χ4v) is 1.69. The van der Waals surface area contributed by atoms with Gasteiger partial charge in [0, 0.05) is 6.04 Å². The number of alkyl halides is 1. The second-order valence-corrected chi connectivity index (χ2v) is 3.71. The standard InChI is InChI=1S/C14H15N.CH3F/c15-14(13-9-5-2-6-10-13)11-12-7-3-1-4-8-12;1-2/h1-10,14H,11,15H2;1H3. The maximum Gasteiger partial charge on any atom is 0.0785 e. The van der Waals surface area contributed by atoms with Crippen molar-refractivity contribution in [2.75, 3.05) is 7.18 Å². The molecule has 0 amide bonds. The van der Waals surface area contributed by atoms with Gasteiger partial charge in [-0.3, -0.25) is 4.39 Å². The molecule has 2 heteroatoms. The molecule has 0 spiro atoms. The van der Waals surface area contributed by atoms with Gasteiger partial charge in [0.1, 0.15) is 0 Å². The third kappa shape index (κ3) is 4.37. The number of hydrogen-bond donors (Lipinski definition) is 1. The zero-order valence-electron chi connectivity index (χ0n) is 10.0. The van der Waals surface area contributed by atoms with Gasteiger partial charge in [-0.2, -0.15) is 0 Å². The van der Waals surface area contributed by atoms with Gasteiger partial charge in [0.05, 0.1) is 7.18 Å². The SMILES string of the molecule is CF.NC(Cc1ccccc1)c1ccccc1. The summed E-state index contributed by atoms with van der Waals surface area (Å²) < 4.78 is 9.50. The molecule has 0 heterocycles. The van der Waals surface area contributed by atoms with Crippen LogP contribution < -0.4 is 5.73 Å². The van der Waals surface area contributed by atoms with Crippen molar-refractivity contribution in [3.05, 3.63) is 71.8 Å². The lowest BCUT2D eigenvalue weighted by Crippen LogP contribution is -2.12. The van der Waals surface area contributed by atoms with Crippen LogP contribution in [-0.4, -0.2) is 7.18 Å². The molecule has 0 bridgehead atoms. The lowest BCUT2D eigenvalue weighted by Gasteiger charge is -2.11. The second kappa shape index (κ2) is 7.58. The number of benzene rings is 2. The Morgan fingerprint density at radius 3 is 1.88 bits per heavy atom. The Bertz CT molecular complexity index is 400. The molecule has 0 aromatic heterocycles. The Morgan fingerprint density at radius 2 is 1.35 bits per heavy atom. The van der Waals surface area contributed by atoms with Crippen LogP contribution in [0.2, 0.25) is 0 Å². The van der Waals surface area contributed by atoms with Gasteiger partial charge < -0.3 is 5.73 Å². The Balaban J connectivity index is 0.000000686. The van der Waals surface area contributed by atoms with Gasteiger partial charge in [-0.05, 0) is 17.5 Å². The Morgan fingerprint density at radius 1 is 0.882 bits per heavy atom. The number of rotatable bonds is 3. The molecule has 0 aliphatic heterocycles. The summed E-state index contributed by atoms with van der Waals surface area (Å²) in [5.74, 6) is 0. The van der Waals surface area contributed by atoms with Gasteiger partial charge in [0.25, 0.3) is 0 Å². The molecule has 2 aromatic carbocycles. The van der Waals surface area contributed by atoms with Crippen LogP contribution in [0, 0.1) is 0 Å². The Kier molecular flexibility index (Phi) is 5.97. The van der Waals surface area contributed by atoms with Crippen LogP contribution in [0.4, 0.5) is 4.39 Å². The van der Waals surface area contributed by atoms with Gasteiger partial charge in [-0.25, -0.2) is 0 Å². The molecule has 2 N–H and O–H groups in total. The topological polar surface area (TPSA) is 26.0 Å². The van der Waals surface area contributed by atoms with Crippen molar-refractivity contribution in [3.8, 4) is 0 Å².